The van der Waals surface area contributed by atoms with Crippen LogP contribution in [0.3, 0.4) is 0 Å². The fourth-order valence-electron chi connectivity index (χ4n) is 3.55. The maximum atomic E-state index is 13.4. The highest BCUT2D eigenvalue weighted by Crippen LogP contribution is 2.26. The summed E-state index contributed by atoms with van der Waals surface area (Å²) in [4.78, 5) is 13.0. The molecule has 5 nitrogen and oxygen atoms in total. The van der Waals surface area contributed by atoms with Crippen LogP contribution in [-0.2, 0) is 13.2 Å². The van der Waals surface area contributed by atoms with Gasteiger partial charge in [-0.2, -0.15) is 5.10 Å². The Balaban J connectivity index is 1.47. The number of nitrogens with zero attached hydrogens (tertiary/aromatic N) is 2. The maximum Gasteiger partial charge on any atom is 0.255 e. The van der Waals surface area contributed by atoms with Crippen molar-refractivity contribution in [2.45, 2.75) is 27.0 Å². The second-order valence-corrected chi connectivity index (χ2v) is 8.63. The largest absolute Gasteiger partial charge is 0.487 e. The van der Waals surface area contributed by atoms with E-state index in [1.54, 1.807) is 41.1 Å². The lowest BCUT2D eigenvalue weighted by molar-refractivity contribution is 0.102. The number of aromatic nitrogens is 2. The molecule has 0 aliphatic rings. The van der Waals surface area contributed by atoms with Crippen LogP contribution in [0.4, 0.5) is 10.1 Å². The predicted molar refractivity (Wildman–Crippen MR) is 132 cm³/mol. The Labute approximate surface area is 207 Å². The van der Waals surface area contributed by atoms with Gasteiger partial charge in [-0.25, -0.2) is 4.39 Å². The number of carbonyl (C=O) groups excluding carboxylic acids is 1. The first kappa shape index (κ1) is 23.8. The molecule has 4 aromatic rings. The molecule has 1 amide bonds. The van der Waals surface area contributed by atoms with E-state index >= 15 is 0 Å². The van der Waals surface area contributed by atoms with Crippen LogP contribution >= 0.6 is 23.2 Å². The van der Waals surface area contributed by atoms with E-state index in [1.807, 2.05) is 32.0 Å². The van der Waals surface area contributed by atoms with Gasteiger partial charge in [0.1, 0.15) is 18.2 Å². The topological polar surface area (TPSA) is 56.2 Å². The molecule has 0 unspecified atom stereocenters. The third-order valence-electron chi connectivity index (χ3n) is 5.38. The van der Waals surface area contributed by atoms with Crippen LogP contribution in [0, 0.1) is 19.7 Å². The van der Waals surface area contributed by atoms with Gasteiger partial charge in [-0.05, 0) is 61.4 Å². The zero-order chi connectivity index (χ0) is 24.2. The minimum atomic E-state index is -0.394. The average molecular weight is 498 g/mol. The highest BCUT2D eigenvalue weighted by atomic mass is 35.5. The zero-order valence-corrected chi connectivity index (χ0v) is 20.1. The number of para-hydroxylation sites is 1. The summed E-state index contributed by atoms with van der Waals surface area (Å²) in [5.74, 6) is -0.0707. The lowest BCUT2D eigenvalue weighted by atomic mass is 10.1. The van der Waals surface area contributed by atoms with E-state index in [2.05, 4.69) is 10.4 Å². The first-order chi connectivity index (χ1) is 16.3. The van der Waals surface area contributed by atoms with E-state index in [-0.39, 0.29) is 12.5 Å². The Morgan fingerprint density at radius 1 is 1.03 bits per heavy atom. The molecule has 0 spiro atoms. The molecule has 1 N–H and O–H groups in total. The van der Waals surface area contributed by atoms with Crippen molar-refractivity contribution in [2.75, 3.05) is 5.32 Å². The van der Waals surface area contributed by atoms with Crippen molar-refractivity contribution in [2.24, 2.45) is 0 Å². The number of rotatable bonds is 7. The van der Waals surface area contributed by atoms with Gasteiger partial charge in [0.05, 0.1) is 28.6 Å². The summed E-state index contributed by atoms with van der Waals surface area (Å²) in [6.45, 7) is 4.32. The number of benzene rings is 3. The molecule has 3 aromatic carbocycles. The van der Waals surface area contributed by atoms with E-state index in [0.29, 0.717) is 39.3 Å². The van der Waals surface area contributed by atoms with Crippen molar-refractivity contribution in [3.8, 4) is 5.75 Å². The quantitative estimate of drug-likeness (QED) is 0.304. The van der Waals surface area contributed by atoms with E-state index in [4.69, 9.17) is 27.9 Å². The average Bonchev–Trinajstić information content (AvgIpc) is 3.08. The smallest absolute Gasteiger partial charge is 0.255 e. The second-order valence-electron chi connectivity index (χ2n) is 7.81. The molecule has 1 aromatic heterocycles. The number of nitrogens with one attached hydrogen (secondary N) is 1. The number of amides is 1. The summed E-state index contributed by atoms with van der Waals surface area (Å²) < 4.78 is 20.9. The summed E-state index contributed by atoms with van der Waals surface area (Å²) >= 11 is 12.3. The van der Waals surface area contributed by atoms with Gasteiger partial charge in [-0.3, -0.25) is 9.48 Å². The Morgan fingerprint density at radius 3 is 2.59 bits per heavy atom. The van der Waals surface area contributed by atoms with Gasteiger partial charge in [-0.15, -0.1) is 0 Å². The maximum absolute atomic E-state index is 13.4. The molecule has 4 rings (SSSR count). The summed E-state index contributed by atoms with van der Waals surface area (Å²) in [5, 5.41) is 8.34. The lowest BCUT2D eigenvalue weighted by Gasteiger charge is -2.10. The molecule has 0 aliphatic heterocycles. The SMILES string of the molecule is Cc1nn(Cc2ccc(F)cc2Cl)c(C)c1NC(=O)c1cccc(COc2ccccc2Cl)c1. The number of halogens is 3. The van der Waals surface area contributed by atoms with Gasteiger partial charge in [0.25, 0.3) is 5.91 Å². The Hall–Kier alpha value is -3.35. The van der Waals surface area contributed by atoms with Gasteiger partial charge in [0.2, 0.25) is 0 Å². The normalized spacial score (nSPS) is 10.9. The monoisotopic (exact) mass is 497 g/mol. The van der Waals surface area contributed by atoms with Crippen LogP contribution in [0.2, 0.25) is 10.0 Å². The number of hydrogen-bond donors (Lipinski definition) is 1. The van der Waals surface area contributed by atoms with Crippen molar-refractivity contribution in [1.82, 2.24) is 9.78 Å². The van der Waals surface area contributed by atoms with Gasteiger partial charge >= 0.3 is 0 Å². The molecular formula is C26H22Cl2FN3O2. The highest BCUT2D eigenvalue weighted by Gasteiger charge is 2.17. The molecule has 0 radical (unpaired) electrons. The Morgan fingerprint density at radius 2 is 1.82 bits per heavy atom. The summed E-state index contributed by atoms with van der Waals surface area (Å²) in [6, 6.07) is 18.7. The van der Waals surface area contributed by atoms with Crippen LogP contribution in [0.25, 0.3) is 0 Å². The van der Waals surface area contributed by atoms with Crippen molar-refractivity contribution >= 4 is 34.8 Å². The van der Waals surface area contributed by atoms with Crippen LogP contribution < -0.4 is 10.1 Å². The number of hydrogen-bond acceptors (Lipinski definition) is 3. The molecular weight excluding hydrogens is 476 g/mol. The van der Waals surface area contributed by atoms with Crippen LogP contribution in [0.1, 0.15) is 32.9 Å². The van der Waals surface area contributed by atoms with Crippen LogP contribution in [-0.4, -0.2) is 15.7 Å². The fourth-order valence-corrected chi connectivity index (χ4v) is 3.97. The molecule has 174 valence electrons. The van der Waals surface area contributed by atoms with Crippen molar-refractivity contribution < 1.29 is 13.9 Å². The summed E-state index contributed by atoms with van der Waals surface area (Å²) in [5.41, 5.74) is 4.13. The van der Waals surface area contributed by atoms with E-state index in [1.165, 1.54) is 12.1 Å². The summed E-state index contributed by atoms with van der Waals surface area (Å²) in [7, 11) is 0. The second kappa shape index (κ2) is 10.3. The molecule has 1 heterocycles. The lowest BCUT2D eigenvalue weighted by Crippen LogP contribution is -2.14. The fraction of sp³-hybridized carbons (Fsp3) is 0.154. The molecule has 0 atom stereocenters. The minimum absolute atomic E-state index is 0.259. The third kappa shape index (κ3) is 5.41. The molecule has 0 saturated heterocycles. The van der Waals surface area contributed by atoms with Gasteiger partial charge in [0, 0.05) is 10.6 Å². The number of aryl methyl sites for hydroxylation is 1. The Bertz CT molecular complexity index is 1350. The molecule has 0 fully saturated rings. The van der Waals surface area contributed by atoms with Crippen LogP contribution in [0.15, 0.2) is 66.7 Å². The van der Waals surface area contributed by atoms with Gasteiger partial charge in [-0.1, -0.05) is 53.5 Å². The van der Waals surface area contributed by atoms with E-state index < -0.39 is 5.82 Å². The number of ether oxygens (including phenoxy) is 1. The first-order valence-electron chi connectivity index (χ1n) is 10.6. The van der Waals surface area contributed by atoms with Crippen LogP contribution in [0.5, 0.6) is 5.75 Å². The minimum Gasteiger partial charge on any atom is -0.487 e. The van der Waals surface area contributed by atoms with Gasteiger partial charge in [0.15, 0.2) is 0 Å². The first-order valence-corrected chi connectivity index (χ1v) is 11.3. The zero-order valence-electron chi connectivity index (χ0n) is 18.6. The molecule has 34 heavy (non-hydrogen) atoms. The molecule has 0 aliphatic carbocycles. The molecule has 0 saturated carbocycles. The highest BCUT2D eigenvalue weighted by molar-refractivity contribution is 6.32. The van der Waals surface area contributed by atoms with E-state index in [9.17, 15) is 9.18 Å². The number of anilines is 1. The Kier molecular flexibility index (Phi) is 7.20. The third-order valence-corrected chi connectivity index (χ3v) is 6.04. The predicted octanol–water partition coefficient (Wildman–Crippen LogP) is 6.83. The van der Waals surface area contributed by atoms with Crippen molar-refractivity contribution in [3.63, 3.8) is 0 Å². The summed E-state index contributed by atoms with van der Waals surface area (Å²) in [6.07, 6.45) is 0. The number of carbonyl (C=O) groups is 1. The van der Waals surface area contributed by atoms with Crippen molar-refractivity contribution in [3.05, 3.63) is 111 Å². The molecule has 8 heteroatoms. The van der Waals surface area contributed by atoms with Gasteiger partial charge < -0.3 is 10.1 Å². The van der Waals surface area contributed by atoms with E-state index in [0.717, 1.165) is 16.8 Å². The van der Waals surface area contributed by atoms with Crippen molar-refractivity contribution in [1.29, 1.82) is 0 Å². The standard InChI is InChI=1S/C26H22Cl2FN3O2/c1-16-25(17(2)32(31-16)14-20-10-11-21(29)13-23(20)28)30-26(33)19-7-5-6-18(12-19)15-34-24-9-4-3-8-22(24)27/h3-13H,14-15H2,1-2H3,(H,30,33). The molecule has 0 bridgehead atoms.